The Bertz CT molecular complexity index is 509. The summed E-state index contributed by atoms with van der Waals surface area (Å²) < 4.78 is 5.17. The molecule has 2 amide bonds. The van der Waals surface area contributed by atoms with Gasteiger partial charge in [-0.15, -0.1) is 0 Å². The number of hydrogen-bond acceptors (Lipinski definition) is 3. The molecular weight excluding hydrogens is 304 g/mol. The summed E-state index contributed by atoms with van der Waals surface area (Å²) in [6.07, 6.45) is 3.89. The van der Waals surface area contributed by atoms with Crippen molar-refractivity contribution >= 4 is 17.7 Å². The summed E-state index contributed by atoms with van der Waals surface area (Å²) in [6, 6.07) is 9.65. The fourth-order valence-corrected chi connectivity index (χ4v) is 2.22. The number of anilines is 1. The number of hydrogen-bond donors (Lipinski definition) is 1. The zero-order valence-electron chi connectivity index (χ0n) is 15.3. The summed E-state index contributed by atoms with van der Waals surface area (Å²) in [5.74, 6) is 0.132. The molecule has 0 heterocycles. The molecule has 0 aromatic heterocycles. The molecule has 1 aromatic rings. The zero-order chi connectivity index (χ0) is 18.0. The van der Waals surface area contributed by atoms with Gasteiger partial charge in [0.25, 0.3) is 0 Å². The van der Waals surface area contributed by atoms with Crippen LogP contribution in [-0.2, 0) is 9.53 Å². The van der Waals surface area contributed by atoms with E-state index >= 15 is 0 Å². The number of carbonyl (C=O) groups excluding carboxylic acids is 2. The molecule has 0 fully saturated rings. The lowest BCUT2D eigenvalue weighted by Crippen LogP contribution is -2.32. The molecule has 0 radical (unpaired) electrons. The first kappa shape index (κ1) is 20.0. The van der Waals surface area contributed by atoms with Crippen LogP contribution in [0.1, 0.15) is 52.9 Å². The maximum atomic E-state index is 12.1. The summed E-state index contributed by atoms with van der Waals surface area (Å²) in [6.45, 7) is 6.13. The summed E-state index contributed by atoms with van der Waals surface area (Å²) in [5, 5.41) is 2.74. The van der Waals surface area contributed by atoms with Gasteiger partial charge in [-0.3, -0.25) is 4.79 Å². The smallest absolute Gasteiger partial charge is 0.407 e. The van der Waals surface area contributed by atoms with Gasteiger partial charge >= 0.3 is 6.09 Å². The molecule has 0 atom stereocenters. The summed E-state index contributed by atoms with van der Waals surface area (Å²) in [7, 11) is 1.81. The van der Waals surface area contributed by atoms with Crippen molar-refractivity contribution in [1.82, 2.24) is 5.32 Å². The highest BCUT2D eigenvalue weighted by Crippen LogP contribution is 2.13. The van der Waals surface area contributed by atoms with Crippen molar-refractivity contribution in [3.63, 3.8) is 0 Å². The minimum absolute atomic E-state index is 0.132. The first-order chi connectivity index (χ1) is 11.3. The maximum absolute atomic E-state index is 12.1. The molecule has 0 saturated carbocycles. The highest BCUT2D eigenvalue weighted by molar-refractivity contribution is 5.92. The second-order valence-electron chi connectivity index (χ2n) is 6.88. The van der Waals surface area contributed by atoms with Crippen molar-refractivity contribution in [1.29, 1.82) is 0 Å². The highest BCUT2D eigenvalue weighted by atomic mass is 16.6. The minimum atomic E-state index is -0.463. The monoisotopic (exact) mass is 334 g/mol. The molecule has 1 rings (SSSR count). The molecule has 0 unspecified atom stereocenters. The fraction of sp³-hybridized carbons (Fsp3) is 0.579. The van der Waals surface area contributed by atoms with Crippen LogP contribution in [0.4, 0.5) is 10.5 Å². The van der Waals surface area contributed by atoms with E-state index in [-0.39, 0.29) is 12.0 Å². The van der Waals surface area contributed by atoms with E-state index in [1.54, 1.807) is 4.90 Å². The number of nitrogens with zero attached hydrogens (tertiary/aromatic N) is 1. The lowest BCUT2D eigenvalue weighted by Gasteiger charge is -2.19. The molecule has 1 N–H and O–H groups in total. The van der Waals surface area contributed by atoms with E-state index in [2.05, 4.69) is 5.32 Å². The second kappa shape index (κ2) is 9.96. The second-order valence-corrected chi connectivity index (χ2v) is 6.88. The number of para-hydroxylation sites is 1. The van der Waals surface area contributed by atoms with Crippen LogP contribution in [0.15, 0.2) is 30.3 Å². The molecule has 24 heavy (non-hydrogen) atoms. The van der Waals surface area contributed by atoms with Crippen LogP contribution in [0.25, 0.3) is 0 Å². The third-order valence-electron chi connectivity index (χ3n) is 3.50. The van der Waals surface area contributed by atoms with E-state index in [1.165, 1.54) is 0 Å². The third-order valence-corrected chi connectivity index (χ3v) is 3.50. The van der Waals surface area contributed by atoms with Gasteiger partial charge in [-0.1, -0.05) is 31.0 Å². The molecule has 0 saturated heterocycles. The van der Waals surface area contributed by atoms with Gasteiger partial charge in [0.15, 0.2) is 0 Å². The zero-order valence-corrected chi connectivity index (χ0v) is 15.3. The van der Waals surface area contributed by atoms with Gasteiger partial charge in [-0.25, -0.2) is 4.79 Å². The van der Waals surface area contributed by atoms with Crippen molar-refractivity contribution in [3.8, 4) is 0 Å². The number of benzene rings is 1. The molecule has 1 aromatic carbocycles. The Hall–Kier alpha value is -2.04. The summed E-state index contributed by atoms with van der Waals surface area (Å²) in [4.78, 5) is 25.3. The maximum Gasteiger partial charge on any atom is 0.407 e. The standard InChI is InChI=1S/C19H30N2O3/c1-19(2,3)24-18(23)20-15-11-6-5-10-14-17(22)21(4)16-12-8-7-9-13-16/h7-9,12-13H,5-6,10-11,14-15H2,1-4H3,(H,20,23). The quantitative estimate of drug-likeness (QED) is 0.727. The average molecular weight is 334 g/mol. The molecule has 0 aliphatic carbocycles. The Labute approximate surface area is 145 Å². The van der Waals surface area contributed by atoms with Crippen LogP contribution in [-0.4, -0.2) is 31.2 Å². The van der Waals surface area contributed by atoms with E-state index in [0.717, 1.165) is 31.4 Å². The minimum Gasteiger partial charge on any atom is -0.444 e. The largest absolute Gasteiger partial charge is 0.444 e. The Kier molecular flexibility index (Phi) is 8.30. The van der Waals surface area contributed by atoms with E-state index in [4.69, 9.17) is 4.74 Å². The molecule has 0 bridgehead atoms. The van der Waals surface area contributed by atoms with Crippen LogP contribution < -0.4 is 10.2 Å². The predicted octanol–water partition coefficient (Wildman–Crippen LogP) is 4.12. The Morgan fingerprint density at radius 1 is 1.04 bits per heavy atom. The summed E-state index contributed by atoms with van der Waals surface area (Å²) >= 11 is 0. The van der Waals surface area contributed by atoms with Gasteiger partial charge in [-0.05, 0) is 45.7 Å². The van der Waals surface area contributed by atoms with E-state index < -0.39 is 5.60 Å². The first-order valence-corrected chi connectivity index (χ1v) is 8.58. The van der Waals surface area contributed by atoms with Crippen molar-refractivity contribution in [2.75, 3.05) is 18.5 Å². The number of unbranched alkanes of at least 4 members (excludes halogenated alkanes) is 3. The normalized spacial score (nSPS) is 11.0. The van der Waals surface area contributed by atoms with Gasteiger partial charge in [0.1, 0.15) is 5.60 Å². The molecule has 5 heteroatoms. The molecule has 134 valence electrons. The Morgan fingerprint density at radius 2 is 1.67 bits per heavy atom. The lowest BCUT2D eigenvalue weighted by molar-refractivity contribution is -0.118. The fourth-order valence-electron chi connectivity index (χ4n) is 2.22. The Morgan fingerprint density at radius 3 is 2.29 bits per heavy atom. The van der Waals surface area contributed by atoms with E-state index in [9.17, 15) is 9.59 Å². The van der Waals surface area contributed by atoms with Gasteiger partial charge < -0.3 is 15.0 Å². The van der Waals surface area contributed by atoms with Crippen LogP contribution in [0.2, 0.25) is 0 Å². The first-order valence-electron chi connectivity index (χ1n) is 8.58. The number of rotatable bonds is 8. The van der Waals surface area contributed by atoms with E-state index in [1.807, 2.05) is 58.2 Å². The predicted molar refractivity (Wildman–Crippen MR) is 97.2 cm³/mol. The van der Waals surface area contributed by atoms with Crippen LogP contribution in [0.5, 0.6) is 0 Å². The lowest BCUT2D eigenvalue weighted by atomic mass is 10.1. The number of ether oxygens (including phenoxy) is 1. The molecule has 0 spiro atoms. The van der Waals surface area contributed by atoms with Crippen LogP contribution >= 0.6 is 0 Å². The van der Waals surface area contributed by atoms with E-state index in [0.29, 0.717) is 13.0 Å². The third kappa shape index (κ3) is 8.56. The van der Waals surface area contributed by atoms with Gasteiger partial charge in [0.05, 0.1) is 0 Å². The van der Waals surface area contributed by atoms with Gasteiger partial charge in [0.2, 0.25) is 5.91 Å². The Balaban J connectivity index is 2.08. The molecule has 5 nitrogen and oxygen atoms in total. The average Bonchev–Trinajstić information content (AvgIpc) is 2.52. The molecule has 0 aliphatic rings. The number of alkyl carbamates (subject to hydrolysis) is 1. The summed E-state index contributed by atoms with van der Waals surface area (Å²) in [5.41, 5.74) is 0.457. The van der Waals surface area contributed by atoms with Crippen LogP contribution in [0.3, 0.4) is 0 Å². The van der Waals surface area contributed by atoms with Gasteiger partial charge in [0, 0.05) is 25.7 Å². The number of nitrogens with one attached hydrogen (secondary N) is 1. The topological polar surface area (TPSA) is 58.6 Å². The molecular formula is C19H30N2O3. The number of amides is 2. The number of carbonyl (C=O) groups is 2. The van der Waals surface area contributed by atoms with Crippen molar-refractivity contribution in [2.24, 2.45) is 0 Å². The van der Waals surface area contributed by atoms with Crippen molar-refractivity contribution < 1.29 is 14.3 Å². The van der Waals surface area contributed by atoms with Crippen molar-refractivity contribution in [3.05, 3.63) is 30.3 Å². The molecule has 0 aliphatic heterocycles. The SMILES string of the molecule is CN(C(=O)CCCCCCNC(=O)OC(C)(C)C)c1ccccc1. The van der Waals surface area contributed by atoms with Gasteiger partial charge in [-0.2, -0.15) is 0 Å². The highest BCUT2D eigenvalue weighted by Gasteiger charge is 2.15. The van der Waals surface area contributed by atoms with Crippen molar-refractivity contribution in [2.45, 2.75) is 58.5 Å². The van der Waals surface area contributed by atoms with Crippen LogP contribution in [0, 0.1) is 0 Å².